The van der Waals surface area contributed by atoms with Gasteiger partial charge in [0.25, 0.3) is 0 Å². The van der Waals surface area contributed by atoms with E-state index in [-0.39, 0.29) is 18.5 Å². The SMILES string of the molecule is CCOc1ccc(C(C)NC(=O)Cn2c(CC)nc3ccccc32)cc1OCC. The molecule has 6 nitrogen and oxygen atoms in total. The van der Waals surface area contributed by atoms with Gasteiger partial charge in [0.05, 0.1) is 30.3 Å². The Balaban J connectivity index is 1.75. The molecule has 1 heterocycles. The second-order valence-corrected chi connectivity index (χ2v) is 6.82. The fourth-order valence-electron chi connectivity index (χ4n) is 3.42. The summed E-state index contributed by atoms with van der Waals surface area (Å²) in [6.45, 7) is 9.26. The lowest BCUT2D eigenvalue weighted by atomic mass is 10.1. The molecular formula is C23H29N3O3. The second kappa shape index (κ2) is 9.45. The number of benzene rings is 2. The van der Waals surface area contributed by atoms with E-state index in [1.807, 2.05) is 74.7 Å². The molecule has 1 unspecified atom stereocenters. The molecule has 1 N–H and O–H groups in total. The highest BCUT2D eigenvalue weighted by molar-refractivity contribution is 5.81. The summed E-state index contributed by atoms with van der Waals surface area (Å²) < 4.78 is 13.3. The summed E-state index contributed by atoms with van der Waals surface area (Å²) in [5, 5.41) is 3.09. The van der Waals surface area contributed by atoms with Gasteiger partial charge in [-0.15, -0.1) is 0 Å². The van der Waals surface area contributed by atoms with Crippen molar-refractivity contribution in [2.75, 3.05) is 13.2 Å². The maximum atomic E-state index is 12.8. The summed E-state index contributed by atoms with van der Waals surface area (Å²) in [4.78, 5) is 17.4. The standard InChI is InChI=1S/C23H29N3O3/c1-5-22-25-18-10-8-9-11-19(18)26(22)15-23(27)24-16(4)17-12-13-20(28-6-2)21(14-17)29-7-3/h8-14,16H,5-7,15H2,1-4H3,(H,24,27). The molecule has 6 heteroatoms. The molecule has 0 saturated heterocycles. The molecule has 0 spiro atoms. The average Bonchev–Trinajstić information content (AvgIpc) is 3.07. The van der Waals surface area contributed by atoms with E-state index in [4.69, 9.17) is 9.47 Å². The highest BCUT2D eigenvalue weighted by Gasteiger charge is 2.16. The third-order valence-corrected chi connectivity index (χ3v) is 4.80. The van der Waals surface area contributed by atoms with Gasteiger partial charge < -0.3 is 19.4 Å². The van der Waals surface area contributed by atoms with Crippen LogP contribution in [0.1, 0.15) is 45.1 Å². The summed E-state index contributed by atoms with van der Waals surface area (Å²) in [6, 6.07) is 13.5. The van der Waals surface area contributed by atoms with Gasteiger partial charge in [-0.05, 0) is 50.6 Å². The van der Waals surface area contributed by atoms with Crippen LogP contribution in [0.2, 0.25) is 0 Å². The van der Waals surface area contributed by atoms with E-state index in [2.05, 4.69) is 10.3 Å². The van der Waals surface area contributed by atoms with Gasteiger partial charge in [0.15, 0.2) is 11.5 Å². The maximum absolute atomic E-state index is 12.8. The van der Waals surface area contributed by atoms with Crippen LogP contribution in [-0.2, 0) is 17.8 Å². The largest absolute Gasteiger partial charge is 0.490 e. The fraction of sp³-hybridized carbons (Fsp3) is 0.391. The minimum Gasteiger partial charge on any atom is -0.490 e. The van der Waals surface area contributed by atoms with E-state index in [9.17, 15) is 4.79 Å². The molecule has 154 valence electrons. The van der Waals surface area contributed by atoms with Crippen LogP contribution in [0.15, 0.2) is 42.5 Å². The molecule has 3 aromatic rings. The molecule has 0 bridgehead atoms. The lowest BCUT2D eigenvalue weighted by molar-refractivity contribution is -0.122. The Morgan fingerprint density at radius 1 is 1.07 bits per heavy atom. The molecule has 0 aliphatic heterocycles. The van der Waals surface area contributed by atoms with Crippen LogP contribution in [0.3, 0.4) is 0 Å². The number of para-hydroxylation sites is 2. The monoisotopic (exact) mass is 395 g/mol. The smallest absolute Gasteiger partial charge is 0.240 e. The number of hydrogen-bond acceptors (Lipinski definition) is 4. The lowest BCUT2D eigenvalue weighted by Crippen LogP contribution is -2.30. The molecule has 3 rings (SSSR count). The minimum absolute atomic E-state index is 0.0535. The van der Waals surface area contributed by atoms with Crippen molar-refractivity contribution in [3.8, 4) is 11.5 Å². The van der Waals surface area contributed by atoms with Crippen LogP contribution in [0.25, 0.3) is 11.0 Å². The predicted molar refractivity (Wildman–Crippen MR) is 114 cm³/mol. The summed E-state index contributed by atoms with van der Waals surface area (Å²) in [5.41, 5.74) is 2.86. The average molecular weight is 396 g/mol. The molecule has 29 heavy (non-hydrogen) atoms. The number of nitrogens with one attached hydrogen (secondary N) is 1. The van der Waals surface area contributed by atoms with Crippen LogP contribution in [0.4, 0.5) is 0 Å². The minimum atomic E-state index is -0.155. The van der Waals surface area contributed by atoms with Crippen LogP contribution in [0.5, 0.6) is 11.5 Å². The van der Waals surface area contributed by atoms with Crippen molar-refractivity contribution in [3.05, 3.63) is 53.9 Å². The number of nitrogens with zero attached hydrogens (tertiary/aromatic N) is 2. The van der Waals surface area contributed by atoms with Gasteiger partial charge in [-0.1, -0.05) is 25.1 Å². The Bertz CT molecular complexity index is 981. The summed E-state index contributed by atoms with van der Waals surface area (Å²) in [5.74, 6) is 2.27. The molecule has 0 aliphatic rings. The Labute approximate surface area is 171 Å². The van der Waals surface area contributed by atoms with Crippen LogP contribution < -0.4 is 14.8 Å². The number of imidazole rings is 1. The van der Waals surface area contributed by atoms with E-state index in [0.29, 0.717) is 24.7 Å². The molecule has 0 aliphatic carbocycles. The van der Waals surface area contributed by atoms with Crippen LogP contribution in [-0.4, -0.2) is 28.7 Å². The van der Waals surface area contributed by atoms with Crippen molar-refractivity contribution in [2.24, 2.45) is 0 Å². The highest BCUT2D eigenvalue weighted by Crippen LogP contribution is 2.30. The van der Waals surface area contributed by atoms with Crippen molar-refractivity contribution in [1.82, 2.24) is 14.9 Å². The molecular weight excluding hydrogens is 366 g/mol. The molecule has 1 aromatic heterocycles. The molecule has 0 fully saturated rings. The zero-order valence-corrected chi connectivity index (χ0v) is 17.6. The quantitative estimate of drug-likeness (QED) is 0.587. The maximum Gasteiger partial charge on any atom is 0.240 e. The number of carbonyl (C=O) groups excluding carboxylic acids is 1. The first-order valence-corrected chi connectivity index (χ1v) is 10.2. The molecule has 1 amide bonds. The van der Waals surface area contributed by atoms with Gasteiger partial charge in [0.2, 0.25) is 5.91 Å². The normalized spacial score (nSPS) is 12.0. The zero-order valence-electron chi connectivity index (χ0n) is 17.6. The van der Waals surface area contributed by atoms with E-state index in [1.165, 1.54) is 0 Å². The second-order valence-electron chi connectivity index (χ2n) is 6.82. The number of hydrogen-bond donors (Lipinski definition) is 1. The number of aromatic nitrogens is 2. The van der Waals surface area contributed by atoms with E-state index >= 15 is 0 Å². The Hall–Kier alpha value is -3.02. The summed E-state index contributed by atoms with van der Waals surface area (Å²) in [6.07, 6.45) is 0.772. The van der Waals surface area contributed by atoms with Crippen molar-refractivity contribution >= 4 is 16.9 Å². The lowest BCUT2D eigenvalue weighted by Gasteiger charge is -2.18. The number of rotatable bonds is 9. The molecule has 0 radical (unpaired) electrons. The van der Waals surface area contributed by atoms with Gasteiger partial charge in [-0.3, -0.25) is 4.79 Å². The van der Waals surface area contributed by atoms with Crippen molar-refractivity contribution < 1.29 is 14.3 Å². The number of carbonyl (C=O) groups is 1. The Morgan fingerprint density at radius 2 is 1.79 bits per heavy atom. The van der Waals surface area contributed by atoms with Crippen LogP contribution >= 0.6 is 0 Å². The first-order chi connectivity index (χ1) is 14.1. The molecule has 1 atom stereocenters. The summed E-state index contributed by atoms with van der Waals surface area (Å²) in [7, 11) is 0. The topological polar surface area (TPSA) is 65.4 Å². The summed E-state index contributed by atoms with van der Waals surface area (Å²) >= 11 is 0. The van der Waals surface area contributed by atoms with E-state index < -0.39 is 0 Å². The Kier molecular flexibility index (Phi) is 6.75. The molecule has 0 saturated carbocycles. The van der Waals surface area contributed by atoms with Crippen LogP contribution in [0, 0.1) is 0 Å². The number of amides is 1. The van der Waals surface area contributed by atoms with Gasteiger partial charge in [0.1, 0.15) is 12.4 Å². The Morgan fingerprint density at radius 3 is 2.52 bits per heavy atom. The van der Waals surface area contributed by atoms with Crippen molar-refractivity contribution in [1.29, 1.82) is 0 Å². The molecule has 2 aromatic carbocycles. The number of fused-ring (bicyclic) bond motifs is 1. The van der Waals surface area contributed by atoms with Gasteiger partial charge in [-0.2, -0.15) is 0 Å². The highest BCUT2D eigenvalue weighted by atomic mass is 16.5. The van der Waals surface area contributed by atoms with Crippen molar-refractivity contribution in [2.45, 2.75) is 46.7 Å². The third kappa shape index (κ3) is 4.70. The first-order valence-electron chi connectivity index (χ1n) is 10.2. The third-order valence-electron chi connectivity index (χ3n) is 4.80. The van der Waals surface area contributed by atoms with Gasteiger partial charge in [-0.25, -0.2) is 4.98 Å². The number of aryl methyl sites for hydroxylation is 1. The zero-order chi connectivity index (χ0) is 20.8. The van der Waals surface area contributed by atoms with E-state index in [0.717, 1.165) is 28.8 Å². The first kappa shape index (κ1) is 20.7. The van der Waals surface area contributed by atoms with Gasteiger partial charge in [0, 0.05) is 6.42 Å². The number of ether oxygens (including phenoxy) is 2. The van der Waals surface area contributed by atoms with E-state index in [1.54, 1.807) is 0 Å². The van der Waals surface area contributed by atoms with Gasteiger partial charge >= 0.3 is 0 Å². The van der Waals surface area contributed by atoms with Crippen molar-refractivity contribution in [3.63, 3.8) is 0 Å². The predicted octanol–water partition coefficient (Wildman–Crippen LogP) is 4.27. The fourth-order valence-corrected chi connectivity index (χ4v) is 3.42.